The molecule has 0 saturated carbocycles. The van der Waals surface area contributed by atoms with Gasteiger partial charge in [-0.05, 0) is 29.3 Å². The van der Waals surface area contributed by atoms with Gasteiger partial charge in [-0.15, -0.1) is 0 Å². The maximum absolute atomic E-state index is 4.63. The molecule has 4 rings (SSSR count). The molecule has 1 heterocycles. The van der Waals surface area contributed by atoms with Crippen LogP contribution >= 0.6 is 0 Å². The standard InChI is InChI=1S/C19H15N3/c1-3-7-14(8-4-1)15-11-16-13-20-19(22-18(16)12-15)21-17-9-5-2-6-10-17/h1-10,12-13H,11H2,(H,20,21,22). The maximum atomic E-state index is 4.63. The molecule has 0 spiro atoms. The third-order valence-corrected chi connectivity index (χ3v) is 3.76. The van der Waals surface area contributed by atoms with E-state index >= 15 is 0 Å². The van der Waals surface area contributed by atoms with Crippen molar-refractivity contribution in [2.45, 2.75) is 6.42 Å². The van der Waals surface area contributed by atoms with E-state index in [2.05, 4.69) is 45.6 Å². The predicted octanol–water partition coefficient (Wildman–Crippen LogP) is 4.32. The Kier molecular flexibility index (Phi) is 3.16. The normalized spacial score (nSPS) is 12.6. The van der Waals surface area contributed by atoms with E-state index in [1.807, 2.05) is 42.6 Å². The smallest absolute Gasteiger partial charge is 0.227 e. The Morgan fingerprint density at radius 3 is 2.36 bits per heavy atom. The van der Waals surface area contributed by atoms with Crippen molar-refractivity contribution in [2.75, 3.05) is 5.32 Å². The van der Waals surface area contributed by atoms with Crippen LogP contribution in [0.5, 0.6) is 0 Å². The average molecular weight is 285 g/mol. The van der Waals surface area contributed by atoms with Gasteiger partial charge in [-0.1, -0.05) is 48.5 Å². The van der Waals surface area contributed by atoms with Crippen molar-refractivity contribution in [1.82, 2.24) is 9.97 Å². The van der Waals surface area contributed by atoms with Crippen LogP contribution in [0.1, 0.15) is 16.8 Å². The van der Waals surface area contributed by atoms with Gasteiger partial charge in [0, 0.05) is 23.9 Å². The fourth-order valence-corrected chi connectivity index (χ4v) is 2.65. The quantitative estimate of drug-likeness (QED) is 0.779. The van der Waals surface area contributed by atoms with Crippen LogP contribution < -0.4 is 5.32 Å². The van der Waals surface area contributed by atoms with Gasteiger partial charge >= 0.3 is 0 Å². The molecule has 0 unspecified atom stereocenters. The highest BCUT2D eigenvalue weighted by molar-refractivity contribution is 5.87. The molecule has 106 valence electrons. The lowest BCUT2D eigenvalue weighted by Gasteiger charge is -2.05. The maximum Gasteiger partial charge on any atom is 0.227 e. The van der Waals surface area contributed by atoms with Crippen LogP contribution in [0.15, 0.2) is 66.9 Å². The SMILES string of the molecule is C1=C(c2ccccc2)Cc2cnc(Nc3ccccc3)nc21. The van der Waals surface area contributed by atoms with E-state index in [4.69, 9.17) is 0 Å². The molecule has 0 radical (unpaired) electrons. The number of allylic oxidation sites excluding steroid dienone is 1. The number of para-hydroxylation sites is 1. The number of hydrogen-bond acceptors (Lipinski definition) is 3. The minimum atomic E-state index is 0.635. The van der Waals surface area contributed by atoms with E-state index in [0.717, 1.165) is 17.8 Å². The molecule has 0 amide bonds. The fourth-order valence-electron chi connectivity index (χ4n) is 2.65. The molecule has 0 bridgehead atoms. The summed E-state index contributed by atoms with van der Waals surface area (Å²) in [6.07, 6.45) is 4.97. The van der Waals surface area contributed by atoms with Crippen molar-refractivity contribution in [1.29, 1.82) is 0 Å². The summed E-state index contributed by atoms with van der Waals surface area (Å²) in [6.45, 7) is 0. The fraction of sp³-hybridized carbons (Fsp3) is 0.0526. The van der Waals surface area contributed by atoms with Gasteiger partial charge in [-0.3, -0.25) is 0 Å². The second kappa shape index (κ2) is 5.45. The van der Waals surface area contributed by atoms with Gasteiger partial charge < -0.3 is 5.32 Å². The first-order valence-corrected chi connectivity index (χ1v) is 7.32. The van der Waals surface area contributed by atoms with Gasteiger partial charge in [0.2, 0.25) is 5.95 Å². The van der Waals surface area contributed by atoms with Gasteiger partial charge in [-0.2, -0.15) is 0 Å². The Morgan fingerprint density at radius 1 is 0.864 bits per heavy atom. The van der Waals surface area contributed by atoms with E-state index in [1.54, 1.807) is 0 Å². The highest BCUT2D eigenvalue weighted by atomic mass is 15.1. The summed E-state index contributed by atoms with van der Waals surface area (Å²) in [5, 5.41) is 3.24. The second-order valence-corrected chi connectivity index (χ2v) is 5.31. The molecular formula is C19H15N3. The number of rotatable bonds is 3. The molecular weight excluding hydrogens is 270 g/mol. The lowest BCUT2D eigenvalue weighted by Crippen LogP contribution is -1.99. The minimum Gasteiger partial charge on any atom is -0.324 e. The lowest BCUT2D eigenvalue weighted by atomic mass is 10.0. The molecule has 3 nitrogen and oxygen atoms in total. The summed E-state index contributed by atoms with van der Waals surface area (Å²) < 4.78 is 0. The van der Waals surface area contributed by atoms with E-state index in [-0.39, 0.29) is 0 Å². The van der Waals surface area contributed by atoms with Crippen LogP contribution in [-0.4, -0.2) is 9.97 Å². The van der Waals surface area contributed by atoms with Crippen LogP contribution in [0.4, 0.5) is 11.6 Å². The molecule has 1 aromatic heterocycles. The summed E-state index contributed by atoms with van der Waals surface area (Å²) in [5.41, 5.74) is 5.72. The highest BCUT2D eigenvalue weighted by Gasteiger charge is 2.16. The summed E-state index contributed by atoms with van der Waals surface area (Å²) in [4.78, 5) is 9.04. The van der Waals surface area contributed by atoms with Gasteiger partial charge in [0.25, 0.3) is 0 Å². The molecule has 22 heavy (non-hydrogen) atoms. The Bertz CT molecular complexity index is 824. The number of fused-ring (bicyclic) bond motifs is 1. The van der Waals surface area contributed by atoms with Gasteiger partial charge in [0.1, 0.15) is 0 Å². The first-order valence-electron chi connectivity index (χ1n) is 7.32. The lowest BCUT2D eigenvalue weighted by molar-refractivity contribution is 1.10. The summed E-state index contributed by atoms with van der Waals surface area (Å²) >= 11 is 0. The highest BCUT2D eigenvalue weighted by Crippen LogP contribution is 2.30. The molecule has 0 aliphatic heterocycles. The molecule has 3 heteroatoms. The zero-order chi connectivity index (χ0) is 14.8. The van der Waals surface area contributed by atoms with Gasteiger partial charge in [-0.25, -0.2) is 9.97 Å². The second-order valence-electron chi connectivity index (χ2n) is 5.31. The van der Waals surface area contributed by atoms with Crippen LogP contribution in [0.3, 0.4) is 0 Å². The molecule has 3 aromatic rings. The van der Waals surface area contributed by atoms with Gasteiger partial charge in [0.05, 0.1) is 5.69 Å². The molecule has 0 saturated heterocycles. The topological polar surface area (TPSA) is 37.8 Å². The largest absolute Gasteiger partial charge is 0.324 e. The van der Waals surface area contributed by atoms with E-state index in [9.17, 15) is 0 Å². The zero-order valence-electron chi connectivity index (χ0n) is 12.0. The third-order valence-electron chi connectivity index (χ3n) is 3.76. The van der Waals surface area contributed by atoms with E-state index in [1.165, 1.54) is 16.7 Å². The Labute approximate surface area is 129 Å². The summed E-state index contributed by atoms with van der Waals surface area (Å²) in [6, 6.07) is 20.4. The van der Waals surface area contributed by atoms with Gasteiger partial charge in [0.15, 0.2) is 0 Å². The van der Waals surface area contributed by atoms with Crippen LogP contribution in [0.25, 0.3) is 11.6 Å². The van der Waals surface area contributed by atoms with Crippen LogP contribution in [-0.2, 0) is 6.42 Å². The number of anilines is 2. The van der Waals surface area contributed by atoms with Crippen molar-refractivity contribution < 1.29 is 0 Å². The number of benzene rings is 2. The zero-order valence-corrected chi connectivity index (χ0v) is 12.0. The number of nitrogens with zero attached hydrogens (tertiary/aromatic N) is 2. The molecule has 1 aliphatic rings. The third kappa shape index (κ3) is 2.49. The van der Waals surface area contributed by atoms with Crippen molar-refractivity contribution in [3.05, 3.63) is 83.7 Å². The van der Waals surface area contributed by atoms with E-state index in [0.29, 0.717) is 5.95 Å². The predicted molar refractivity (Wildman–Crippen MR) is 89.8 cm³/mol. The average Bonchev–Trinajstić information content (AvgIpc) is 3.00. The van der Waals surface area contributed by atoms with Crippen molar-refractivity contribution in [2.24, 2.45) is 0 Å². The monoisotopic (exact) mass is 285 g/mol. The number of nitrogens with one attached hydrogen (secondary N) is 1. The first-order chi connectivity index (χ1) is 10.9. The van der Waals surface area contributed by atoms with Crippen molar-refractivity contribution in [3.63, 3.8) is 0 Å². The molecule has 2 aromatic carbocycles. The van der Waals surface area contributed by atoms with Crippen LogP contribution in [0.2, 0.25) is 0 Å². The minimum absolute atomic E-state index is 0.635. The van der Waals surface area contributed by atoms with Crippen LogP contribution in [0, 0.1) is 0 Å². The molecule has 1 N–H and O–H groups in total. The molecule has 1 aliphatic carbocycles. The number of hydrogen-bond donors (Lipinski definition) is 1. The summed E-state index contributed by atoms with van der Waals surface area (Å²) in [7, 11) is 0. The number of aromatic nitrogens is 2. The first kappa shape index (κ1) is 12.8. The Hall–Kier alpha value is -2.94. The Balaban J connectivity index is 1.62. The van der Waals surface area contributed by atoms with Crippen molar-refractivity contribution >= 4 is 23.3 Å². The molecule has 0 fully saturated rings. The summed E-state index contributed by atoms with van der Waals surface area (Å²) in [5.74, 6) is 0.635. The molecule has 0 atom stereocenters. The van der Waals surface area contributed by atoms with E-state index < -0.39 is 0 Å². The Morgan fingerprint density at radius 2 is 1.59 bits per heavy atom. The van der Waals surface area contributed by atoms with Crippen molar-refractivity contribution in [3.8, 4) is 0 Å².